The van der Waals surface area contributed by atoms with Gasteiger partial charge in [0.2, 0.25) is 0 Å². The van der Waals surface area contributed by atoms with Gasteiger partial charge in [-0.2, -0.15) is 0 Å². The number of hydrogen-bond donors (Lipinski definition) is 2. The molecule has 0 atom stereocenters. The average molecular weight is 235 g/mol. The van der Waals surface area contributed by atoms with Gasteiger partial charge in [0, 0.05) is 26.2 Å². The Morgan fingerprint density at radius 2 is 1.88 bits per heavy atom. The third kappa shape index (κ3) is 2.59. The molecule has 6 nitrogen and oxygen atoms in total. The van der Waals surface area contributed by atoms with Crippen molar-refractivity contribution in [3.05, 3.63) is 29.6 Å². The second-order valence-electron chi connectivity index (χ2n) is 3.76. The molecule has 1 aliphatic rings. The number of carboxylic acid groups (broad SMARTS) is 1. The molecule has 17 heavy (non-hydrogen) atoms. The number of carbonyl (C=O) groups excluding carboxylic acids is 1. The fourth-order valence-electron chi connectivity index (χ4n) is 1.70. The maximum atomic E-state index is 12.0. The maximum Gasteiger partial charge on any atom is 0.354 e. The molecule has 6 heteroatoms. The van der Waals surface area contributed by atoms with Crippen molar-refractivity contribution in [1.82, 2.24) is 15.2 Å². The number of nitrogens with zero attached hydrogens (tertiary/aromatic N) is 2. The molecule has 1 fully saturated rings. The fraction of sp³-hybridized carbons (Fsp3) is 0.364. The van der Waals surface area contributed by atoms with Gasteiger partial charge in [-0.25, -0.2) is 9.78 Å². The highest BCUT2D eigenvalue weighted by atomic mass is 16.4. The Hall–Kier alpha value is -1.95. The summed E-state index contributed by atoms with van der Waals surface area (Å²) >= 11 is 0. The van der Waals surface area contributed by atoms with Crippen LogP contribution in [0.2, 0.25) is 0 Å². The molecule has 1 amide bonds. The van der Waals surface area contributed by atoms with Crippen LogP contribution in [0.5, 0.6) is 0 Å². The number of aromatic nitrogens is 1. The molecule has 2 heterocycles. The lowest BCUT2D eigenvalue weighted by molar-refractivity contribution is 0.0689. The molecule has 0 aromatic carbocycles. The zero-order valence-electron chi connectivity index (χ0n) is 9.22. The van der Waals surface area contributed by atoms with E-state index < -0.39 is 5.97 Å². The number of piperazine rings is 1. The Morgan fingerprint density at radius 1 is 1.24 bits per heavy atom. The van der Waals surface area contributed by atoms with Gasteiger partial charge in [0.05, 0.1) is 0 Å². The van der Waals surface area contributed by atoms with Crippen LogP contribution in [0.15, 0.2) is 18.2 Å². The van der Waals surface area contributed by atoms with Crippen molar-refractivity contribution in [3.8, 4) is 0 Å². The maximum absolute atomic E-state index is 12.0. The Labute approximate surface area is 98.3 Å². The number of pyridine rings is 1. The van der Waals surface area contributed by atoms with Crippen molar-refractivity contribution < 1.29 is 14.7 Å². The highest BCUT2D eigenvalue weighted by Crippen LogP contribution is 2.05. The average Bonchev–Trinajstić information content (AvgIpc) is 2.39. The highest BCUT2D eigenvalue weighted by Gasteiger charge is 2.19. The van der Waals surface area contributed by atoms with Crippen LogP contribution in [-0.2, 0) is 0 Å². The van der Waals surface area contributed by atoms with Gasteiger partial charge < -0.3 is 15.3 Å². The standard InChI is InChI=1S/C11H13N3O3/c15-10(14-6-4-12-5-7-14)8-2-1-3-9(13-8)11(16)17/h1-3,12H,4-7H2,(H,16,17). The lowest BCUT2D eigenvalue weighted by atomic mass is 10.2. The van der Waals surface area contributed by atoms with Gasteiger partial charge >= 0.3 is 5.97 Å². The van der Waals surface area contributed by atoms with E-state index in [-0.39, 0.29) is 17.3 Å². The molecule has 1 aromatic rings. The van der Waals surface area contributed by atoms with Crippen LogP contribution in [0.25, 0.3) is 0 Å². The van der Waals surface area contributed by atoms with Crippen LogP contribution in [0.1, 0.15) is 21.0 Å². The molecule has 2 rings (SSSR count). The van der Waals surface area contributed by atoms with E-state index in [0.717, 1.165) is 13.1 Å². The number of aromatic carboxylic acids is 1. The van der Waals surface area contributed by atoms with Crippen molar-refractivity contribution in [2.75, 3.05) is 26.2 Å². The van der Waals surface area contributed by atoms with Gasteiger partial charge in [0.15, 0.2) is 0 Å². The van der Waals surface area contributed by atoms with Crippen molar-refractivity contribution in [3.63, 3.8) is 0 Å². The largest absolute Gasteiger partial charge is 0.477 e. The van der Waals surface area contributed by atoms with Crippen molar-refractivity contribution in [1.29, 1.82) is 0 Å². The van der Waals surface area contributed by atoms with Crippen LogP contribution >= 0.6 is 0 Å². The van der Waals surface area contributed by atoms with E-state index in [1.165, 1.54) is 18.2 Å². The molecule has 1 aromatic heterocycles. The molecule has 2 N–H and O–H groups in total. The SMILES string of the molecule is O=C(O)c1cccc(C(=O)N2CCNCC2)n1. The number of rotatable bonds is 2. The van der Waals surface area contributed by atoms with Crippen LogP contribution in [0, 0.1) is 0 Å². The van der Waals surface area contributed by atoms with Crippen LogP contribution < -0.4 is 5.32 Å². The smallest absolute Gasteiger partial charge is 0.354 e. The Morgan fingerprint density at radius 3 is 2.53 bits per heavy atom. The first-order valence-electron chi connectivity index (χ1n) is 5.39. The molecule has 0 unspecified atom stereocenters. The van der Waals surface area contributed by atoms with Gasteiger partial charge in [-0.05, 0) is 12.1 Å². The summed E-state index contributed by atoms with van der Waals surface area (Å²) in [5.74, 6) is -1.34. The highest BCUT2D eigenvalue weighted by molar-refractivity contribution is 5.94. The van der Waals surface area contributed by atoms with Gasteiger partial charge in [-0.1, -0.05) is 6.07 Å². The van der Waals surface area contributed by atoms with E-state index in [1.54, 1.807) is 4.90 Å². The number of carboxylic acids is 1. The molecular formula is C11H13N3O3. The zero-order valence-corrected chi connectivity index (χ0v) is 9.22. The van der Waals surface area contributed by atoms with E-state index >= 15 is 0 Å². The zero-order chi connectivity index (χ0) is 12.3. The first-order valence-corrected chi connectivity index (χ1v) is 5.39. The fourth-order valence-corrected chi connectivity index (χ4v) is 1.70. The molecule has 0 radical (unpaired) electrons. The van der Waals surface area contributed by atoms with Crippen molar-refractivity contribution in [2.45, 2.75) is 0 Å². The number of nitrogens with one attached hydrogen (secondary N) is 1. The van der Waals surface area contributed by atoms with Gasteiger partial charge in [-0.15, -0.1) is 0 Å². The van der Waals surface area contributed by atoms with E-state index in [2.05, 4.69) is 10.3 Å². The van der Waals surface area contributed by atoms with E-state index in [1.807, 2.05) is 0 Å². The van der Waals surface area contributed by atoms with E-state index in [4.69, 9.17) is 5.11 Å². The number of carbonyl (C=O) groups is 2. The van der Waals surface area contributed by atoms with Gasteiger partial charge in [0.1, 0.15) is 11.4 Å². The third-order valence-electron chi connectivity index (χ3n) is 2.59. The van der Waals surface area contributed by atoms with E-state index in [0.29, 0.717) is 13.1 Å². The molecule has 0 bridgehead atoms. The predicted molar refractivity (Wildman–Crippen MR) is 60.0 cm³/mol. The molecule has 0 spiro atoms. The summed E-state index contributed by atoms with van der Waals surface area (Å²) in [4.78, 5) is 28.3. The summed E-state index contributed by atoms with van der Waals surface area (Å²) in [7, 11) is 0. The lowest BCUT2D eigenvalue weighted by Gasteiger charge is -2.27. The monoisotopic (exact) mass is 235 g/mol. The van der Waals surface area contributed by atoms with Crippen molar-refractivity contribution >= 4 is 11.9 Å². The number of amides is 1. The minimum Gasteiger partial charge on any atom is -0.477 e. The third-order valence-corrected chi connectivity index (χ3v) is 2.59. The summed E-state index contributed by atoms with van der Waals surface area (Å²) in [5.41, 5.74) is 0.0813. The van der Waals surface area contributed by atoms with Gasteiger partial charge in [0.25, 0.3) is 5.91 Å². The number of hydrogen-bond acceptors (Lipinski definition) is 4. The Balaban J connectivity index is 2.18. The summed E-state index contributed by atoms with van der Waals surface area (Å²) < 4.78 is 0. The predicted octanol–water partition coefficient (Wildman–Crippen LogP) is -0.175. The van der Waals surface area contributed by atoms with Crippen LogP contribution in [-0.4, -0.2) is 53.0 Å². The van der Waals surface area contributed by atoms with Gasteiger partial charge in [-0.3, -0.25) is 4.79 Å². The molecule has 1 aliphatic heterocycles. The molecule has 90 valence electrons. The normalized spacial score (nSPS) is 15.6. The van der Waals surface area contributed by atoms with Crippen molar-refractivity contribution in [2.24, 2.45) is 0 Å². The second-order valence-corrected chi connectivity index (χ2v) is 3.76. The molecule has 0 aliphatic carbocycles. The Bertz CT molecular complexity index is 441. The van der Waals surface area contributed by atoms with Crippen LogP contribution in [0.3, 0.4) is 0 Å². The summed E-state index contributed by atoms with van der Waals surface area (Å²) in [6, 6.07) is 4.44. The Kier molecular flexibility index (Phi) is 3.34. The quantitative estimate of drug-likeness (QED) is 0.743. The molecule has 1 saturated heterocycles. The second kappa shape index (κ2) is 4.92. The summed E-state index contributed by atoms with van der Waals surface area (Å²) in [6.45, 7) is 2.75. The molecule has 0 saturated carbocycles. The minimum absolute atomic E-state index is 0.106. The van der Waals surface area contributed by atoms with Crippen LogP contribution in [0.4, 0.5) is 0 Å². The lowest BCUT2D eigenvalue weighted by Crippen LogP contribution is -2.46. The summed E-state index contributed by atoms with van der Waals surface area (Å²) in [6.07, 6.45) is 0. The molecular weight excluding hydrogens is 222 g/mol. The minimum atomic E-state index is -1.13. The first kappa shape index (κ1) is 11.5. The summed E-state index contributed by atoms with van der Waals surface area (Å²) in [5, 5.41) is 11.9. The topological polar surface area (TPSA) is 82.5 Å². The first-order chi connectivity index (χ1) is 8.18. The van der Waals surface area contributed by atoms with E-state index in [9.17, 15) is 9.59 Å².